The molecule has 12 heteroatoms. The molecule has 11 nitrogen and oxygen atoms in total. The van der Waals surface area contributed by atoms with Crippen molar-refractivity contribution in [1.29, 1.82) is 0 Å². The number of nitrogens with zero attached hydrogens (tertiary/aromatic N) is 6. The van der Waals surface area contributed by atoms with E-state index in [1.54, 1.807) is 39.9 Å². The number of amides is 2. The van der Waals surface area contributed by atoms with E-state index < -0.39 is 5.91 Å². The molecule has 1 fully saturated rings. The normalized spacial score (nSPS) is 15.2. The number of methoxy groups -OCH3 is 1. The number of ether oxygens (including phenoxy) is 1. The van der Waals surface area contributed by atoms with Crippen LogP contribution < -0.4 is 10.1 Å². The van der Waals surface area contributed by atoms with Crippen LogP contribution in [0.2, 0.25) is 5.02 Å². The molecule has 2 N–H and O–H groups in total. The number of halogens is 1. The van der Waals surface area contributed by atoms with Gasteiger partial charge in [-0.15, -0.1) is 5.10 Å². The van der Waals surface area contributed by atoms with Crippen molar-refractivity contribution in [1.82, 2.24) is 35.1 Å². The first-order chi connectivity index (χ1) is 18.5. The molecule has 1 atom stereocenters. The number of aromatic amines is 1. The molecule has 0 saturated carbocycles. The van der Waals surface area contributed by atoms with Gasteiger partial charge in [-0.05, 0) is 43.2 Å². The lowest BCUT2D eigenvalue weighted by Gasteiger charge is -2.31. The minimum absolute atomic E-state index is 0.0364. The molecule has 4 heterocycles. The Balaban J connectivity index is 1.32. The van der Waals surface area contributed by atoms with Crippen LogP contribution in [0.1, 0.15) is 29.4 Å². The second-order valence-corrected chi connectivity index (χ2v) is 9.15. The van der Waals surface area contributed by atoms with E-state index >= 15 is 0 Å². The van der Waals surface area contributed by atoms with Gasteiger partial charge in [0.1, 0.15) is 22.8 Å². The molecule has 0 bridgehead atoms. The average molecular weight is 533 g/mol. The van der Waals surface area contributed by atoms with Crippen LogP contribution in [0.4, 0.5) is 5.69 Å². The largest absolute Gasteiger partial charge is 0.495 e. The van der Waals surface area contributed by atoms with E-state index in [0.29, 0.717) is 46.6 Å². The summed E-state index contributed by atoms with van der Waals surface area (Å²) in [4.78, 5) is 31.2. The standard InChI is InChI=1S/C26H25ClN8O3/c1-3-24(36)34-11-5-6-17(14-34)35-15-22(31-33-35)16-9-10-19(23(12-16)38-2)30-26(37)21-8-4-7-20(29-21)25-18(27)13-28-32-25/h3-4,7-10,12-13,15,17H,1,5-6,11,14H2,2H3,(H,28,32)(H,30,37)/t17-/m1/s1. The van der Waals surface area contributed by atoms with E-state index in [4.69, 9.17) is 16.3 Å². The number of carbonyl (C=O) groups excluding carboxylic acids is 2. The van der Waals surface area contributed by atoms with Gasteiger partial charge in [-0.25, -0.2) is 9.67 Å². The fraction of sp³-hybridized carbons (Fsp3) is 0.231. The van der Waals surface area contributed by atoms with Gasteiger partial charge >= 0.3 is 0 Å². The number of H-pyrrole nitrogens is 1. The number of rotatable bonds is 7. The Bertz CT molecular complexity index is 1500. The number of hydrogen-bond donors (Lipinski definition) is 2. The van der Waals surface area contributed by atoms with E-state index in [2.05, 4.69) is 37.4 Å². The number of hydrogen-bond acceptors (Lipinski definition) is 7. The highest BCUT2D eigenvalue weighted by molar-refractivity contribution is 6.32. The number of carbonyl (C=O) groups is 2. The number of anilines is 1. The van der Waals surface area contributed by atoms with E-state index in [9.17, 15) is 9.59 Å². The summed E-state index contributed by atoms with van der Waals surface area (Å²) >= 11 is 6.13. The van der Waals surface area contributed by atoms with Crippen LogP contribution in [-0.4, -0.2) is 67.1 Å². The maximum atomic E-state index is 13.0. The van der Waals surface area contributed by atoms with Crippen molar-refractivity contribution in [2.24, 2.45) is 0 Å². The van der Waals surface area contributed by atoms with Crippen LogP contribution in [0, 0.1) is 0 Å². The summed E-state index contributed by atoms with van der Waals surface area (Å²) < 4.78 is 7.34. The molecule has 0 unspecified atom stereocenters. The van der Waals surface area contributed by atoms with Crippen molar-refractivity contribution in [2.75, 3.05) is 25.5 Å². The number of benzene rings is 1. The lowest BCUT2D eigenvalue weighted by Crippen LogP contribution is -2.40. The van der Waals surface area contributed by atoms with E-state index in [1.807, 2.05) is 12.3 Å². The molecule has 5 rings (SSSR count). The summed E-state index contributed by atoms with van der Waals surface area (Å²) in [5.74, 6) is -0.0292. The number of pyridine rings is 1. The Morgan fingerprint density at radius 1 is 1.26 bits per heavy atom. The van der Waals surface area contributed by atoms with Crippen molar-refractivity contribution in [3.8, 4) is 28.4 Å². The Morgan fingerprint density at radius 2 is 2.13 bits per heavy atom. The van der Waals surface area contributed by atoms with Crippen molar-refractivity contribution in [3.63, 3.8) is 0 Å². The van der Waals surface area contributed by atoms with Crippen LogP contribution in [-0.2, 0) is 4.79 Å². The third kappa shape index (κ3) is 5.14. The Morgan fingerprint density at radius 3 is 2.89 bits per heavy atom. The fourth-order valence-electron chi connectivity index (χ4n) is 4.38. The summed E-state index contributed by atoms with van der Waals surface area (Å²) in [5.41, 5.74) is 3.14. The zero-order chi connectivity index (χ0) is 26.6. The molecular weight excluding hydrogens is 508 g/mol. The third-order valence-electron chi connectivity index (χ3n) is 6.34. The maximum Gasteiger partial charge on any atom is 0.274 e. The molecular formula is C26H25ClN8O3. The highest BCUT2D eigenvalue weighted by atomic mass is 35.5. The number of piperidine rings is 1. The number of nitrogens with one attached hydrogen (secondary N) is 2. The topological polar surface area (TPSA) is 131 Å². The molecule has 0 spiro atoms. The molecule has 1 saturated heterocycles. The second-order valence-electron chi connectivity index (χ2n) is 8.74. The zero-order valence-electron chi connectivity index (χ0n) is 20.6. The van der Waals surface area contributed by atoms with E-state index in [1.165, 1.54) is 19.4 Å². The zero-order valence-corrected chi connectivity index (χ0v) is 21.4. The summed E-state index contributed by atoms with van der Waals surface area (Å²) in [5, 5.41) is 18.6. The lowest BCUT2D eigenvalue weighted by atomic mass is 10.1. The monoisotopic (exact) mass is 532 g/mol. The first kappa shape index (κ1) is 25.2. The highest BCUT2D eigenvalue weighted by Crippen LogP contribution is 2.31. The minimum Gasteiger partial charge on any atom is -0.495 e. The summed E-state index contributed by atoms with van der Waals surface area (Å²) in [6.07, 6.45) is 6.46. The molecule has 38 heavy (non-hydrogen) atoms. The minimum atomic E-state index is -0.407. The molecule has 194 valence electrons. The van der Waals surface area contributed by atoms with Crippen LogP contribution in [0.25, 0.3) is 22.6 Å². The van der Waals surface area contributed by atoms with Crippen LogP contribution in [0.5, 0.6) is 5.75 Å². The first-order valence-electron chi connectivity index (χ1n) is 12.0. The maximum absolute atomic E-state index is 13.0. The van der Waals surface area contributed by atoms with Gasteiger partial charge in [0, 0.05) is 18.7 Å². The smallest absolute Gasteiger partial charge is 0.274 e. The van der Waals surface area contributed by atoms with Gasteiger partial charge in [0.2, 0.25) is 5.91 Å². The first-order valence-corrected chi connectivity index (χ1v) is 12.3. The van der Waals surface area contributed by atoms with Crippen molar-refractivity contribution >= 4 is 29.1 Å². The Hall–Kier alpha value is -4.51. The molecule has 4 aromatic rings. The van der Waals surface area contributed by atoms with Crippen molar-refractivity contribution in [3.05, 3.63) is 72.2 Å². The third-order valence-corrected chi connectivity index (χ3v) is 6.63. The highest BCUT2D eigenvalue weighted by Gasteiger charge is 2.25. The SMILES string of the molecule is C=CC(=O)N1CCC[C@@H](n2cc(-c3ccc(NC(=O)c4cccc(-c5[nH]ncc5Cl)n4)c(OC)c3)nn2)C1. The van der Waals surface area contributed by atoms with Crippen LogP contribution >= 0.6 is 11.6 Å². The summed E-state index contributed by atoms with van der Waals surface area (Å²) in [7, 11) is 1.53. The van der Waals surface area contributed by atoms with Gasteiger partial charge in [0.15, 0.2) is 0 Å². The molecule has 1 aliphatic rings. The van der Waals surface area contributed by atoms with Gasteiger partial charge in [-0.1, -0.05) is 35.5 Å². The molecule has 2 amide bonds. The van der Waals surface area contributed by atoms with Gasteiger partial charge in [0.05, 0.1) is 41.9 Å². The van der Waals surface area contributed by atoms with E-state index in [-0.39, 0.29) is 17.6 Å². The second kappa shape index (κ2) is 10.9. The van der Waals surface area contributed by atoms with Crippen LogP contribution in [0.3, 0.4) is 0 Å². The Labute approximate surface area is 223 Å². The van der Waals surface area contributed by atoms with Gasteiger partial charge < -0.3 is 15.0 Å². The number of aromatic nitrogens is 6. The van der Waals surface area contributed by atoms with Gasteiger partial charge in [0.25, 0.3) is 5.91 Å². The van der Waals surface area contributed by atoms with Gasteiger partial charge in [-0.2, -0.15) is 5.10 Å². The molecule has 0 radical (unpaired) electrons. The van der Waals surface area contributed by atoms with Crippen LogP contribution in [0.15, 0.2) is 61.4 Å². The van der Waals surface area contributed by atoms with Gasteiger partial charge in [-0.3, -0.25) is 14.7 Å². The number of likely N-dealkylation sites (tertiary alicyclic amines) is 1. The summed E-state index contributed by atoms with van der Waals surface area (Å²) in [6, 6.07) is 10.5. The quantitative estimate of drug-likeness (QED) is 0.344. The molecule has 1 aliphatic heterocycles. The fourth-order valence-corrected chi connectivity index (χ4v) is 4.57. The van der Waals surface area contributed by atoms with Crippen molar-refractivity contribution < 1.29 is 14.3 Å². The average Bonchev–Trinajstić information content (AvgIpc) is 3.62. The molecule has 3 aromatic heterocycles. The summed E-state index contributed by atoms with van der Waals surface area (Å²) in [6.45, 7) is 4.85. The van der Waals surface area contributed by atoms with E-state index in [0.717, 1.165) is 18.4 Å². The predicted octanol–water partition coefficient (Wildman–Crippen LogP) is 3.99. The molecule has 1 aromatic carbocycles. The predicted molar refractivity (Wildman–Crippen MR) is 142 cm³/mol. The lowest BCUT2D eigenvalue weighted by molar-refractivity contribution is -0.127. The Kier molecular flexibility index (Phi) is 7.18. The molecule has 0 aliphatic carbocycles. The van der Waals surface area contributed by atoms with Crippen molar-refractivity contribution in [2.45, 2.75) is 18.9 Å².